The van der Waals surface area contributed by atoms with Gasteiger partial charge in [-0.25, -0.2) is 0 Å². The molecule has 0 aliphatic heterocycles. The molecule has 0 atom stereocenters. The van der Waals surface area contributed by atoms with Crippen molar-refractivity contribution in [1.82, 2.24) is 0 Å². The van der Waals surface area contributed by atoms with E-state index in [1.165, 1.54) is 18.7 Å². The van der Waals surface area contributed by atoms with Crippen molar-refractivity contribution in [3.8, 4) is 10.4 Å². The largest absolute Gasteiger partial charge is 0.143 e. The molecule has 2 heterocycles. The van der Waals surface area contributed by atoms with Crippen LogP contribution < -0.4 is 0 Å². The van der Waals surface area contributed by atoms with E-state index in [-0.39, 0.29) is 0 Å². The van der Waals surface area contributed by atoms with Gasteiger partial charge in [0.05, 0.1) is 8.66 Å². The summed E-state index contributed by atoms with van der Waals surface area (Å²) in [6, 6.07) is 4.20. The third-order valence-electron chi connectivity index (χ3n) is 1.48. The smallest absolute Gasteiger partial charge is 0.0785 e. The Morgan fingerprint density at radius 2 is 1.75 bits per heavy atom. The minimum Gasteiger partial charge on any atom is -0.143 e. The van der Waals surface area contributed by atoms with Gasteiger partial charge in [-0.15, -0.1) is 22.7 Å². The molecular formula is C8H4Br2S2. The van der Waals surface area contributed by atoms with Crippen molar-refractivity contribution < 1.29 is 0 Å². The normalized spacial score (nSPS) is 10.5. The van der Waals surface area contributed by atoms with E-state index in [2.05, 4.69) is 54.8 Å². The molecule has 0 amide bonds. The molecule has 0 unspecified atom stereocenters. The Morgan fingerprint density at radius 3 is 2.25 bits per heavy atom. The maximum absolute atomic E-state index is 3.53. The number of hydrogen-bond donors (Lipinski definition) is 0. The van der Waals surface area contributed by atoms with Crippen molar-refractivity contribution in [2.45, 2.75) is 0 Å². The van der Waals surface area contributed by atoms with Crippen LogP contribution in [0.15, 0.2) is 31.2 Å². The zero-order chi connectivity index (χ0) is 8.55. The lowest BCUT2D eigenvalue weighted by Crippen LogP contribution is -1.66. The van der Waals surface area contributed by atoms with Crippen LogP contribution in [0.3, 0.4) is 0 Å². The first-order chi connectivity index (χ1) is 5.79. The fraction of sp³-hybridized carbons (Fsp3) is 0. The van der Waals surface area contributed by atoms with Crippen LogP contribution in [0.4, 0.5) is 0 Å². The van der Waals surface area contributed by atoms with Gasteiger partial charge in [0.25, 0.3) is 0 Å². The van der Waals surface area contributed by atoms with Crippen molar-refractivity contribution in [1.29, 1.82) is 0 Å². The molecule has 0 aromatic carbocycles. The van der Waals surface area contributed by atoms with Gasteiger partial charge in [0.1, 0.15) is 0 Å². The Kier molecular flexibility index (Phi) is 2.69. The van der Waals surface area contributed by atoms with E-state index in [1.807, 2.05) is 0 Å². The fourth-order valence-corrected chi connectivity index (χ4v) is 4.03. The molecule has 0 nitrogen and oxygen atoms in total. The topological polar surface area (TPSA) is 0 Å². The van der Waals surface area contributed by atoms with Crippen LogP contribution in [0.1, 0.15) is 0 Å². The molecular weight excluding hydrogens is 320 g/mol. The van der Waals surface area contributed by atoms with Gasteiger partial charge in [0.2, 0.25) is 0 Å². The second-order valence-corrected chi connectivity index (χ2v) is 6.21. The lowest BCUT2D eigenvalue weighted by atomic mass is 10.3. The van der Waals surface area contributed by atoms with Crippen molar-refractivity contribution in [3.05, 3.63) is 31.2 Å². The van der Waals surface area contributed by atoms with Crippen molar-refractivity contribution in [3.63, 3.8) is 0 Å². The van der Waals surface area contributed by atoms with Gasteiger partial charge in [0.15, 0.2) is 0 Å². The Bertz CT molecular complexity index is 351. The highest BCUT2D eigenvalue weighted by Crippen LogP contribution is 2.40. The SMILES string of the molecule is Brc1ccsc1-c1ccsc1Br. The minimum atomic E-state index is 1.17. The quantitative estimate of drug-likeness (QED) is 0.692. The molecule has 2 rings (SSSR count). The zero-order valence-electron chi connectivity index (χ0n) is 5.88. The van der Waals surface area contributed by atoms with E-state index in [1.54, 1.807) is 22.7 Å². The van der Waals surface area contributed by atoms with E-state index < -0.39 is 0 Å². The summed E-state index contributed by atoms with van der Waals surface area (Å²) in [4.78, 5) is 1.29. The van der Waals surface area contributed by atoms with E-state index >= 15 is 0 Å². The van der Waals surface area contributed by atoms with Crippen molar-refractivity contribution >= 4 is 54.5 Å². The second-order valence-electron chi connectivity index (χ2n) is 2.21. The van der Waals surface area contributed by atoms with Crippen LogP contribution >= 0.6 is 54.5 Å². The minimum absolute atomic E-state index is 1.17. The average Bonchev–Trinajstić information content (AvgIpc) is 2.59. The fourth-order valence-electron chi connectivity index (χ4n) is 0.942. The molecule has 0 radical (unpaired) electrons. The average molecular weight is 324 g/mol. The molecule has 4 heteroatoms. The van der Waals surface area contributed by atoms with E-state index in [0.29, 0.717) is 0 Å². The van der Waals surface area contributed by atoms with Crippen LogP contribution in [0.5, 0.6) is 0 Å². The summed E-state index contributed by atoms with van der Waals surface area (Å²) in [5, 5.41) is 4.18. The van der Waals surface area contributed by atoms with Crippen LogP contribution in [-0.2, 0) is 0 Å². The predicted molar refractivity (Wildman–Crippen MR) is 63.0 cm³/mol. The van der Waals surface area contributed by atoms with Gasteiger partial charge in [-0.05, 0) is 54.8 Å². The molecule has 0 saturated carbocycles. The molecule has 0 aliphatic carbocycles. The molecule has 12 heavy (non-hydrogen) atoms. The first-order valence-electron chi connectivity index (χ1n) is 3.25. The monoisotopic (exact) mass is 322 g/mol. The lowest BCUT2D eigenvalue weighted by molar-refractivity contribution is 1.80. The Balaban J connectivity index is 2.57. The standard InChI is InChI=1S/C8H4Br2S2/c9-6-2-4-11-7(6)5-1-3-12-8(5)10/h1-4H. The van der Waals surface area contributed by atoms with Crippen LogP contribution in [0, 0.1) is 0 Å². The molecule has 0 fully saturated rings. The molecule has 0 saturated heterocycles. The molecule has 62 valence electrons. The van der Waals surface area contributed by atoms with Gasteiger partial charge in [-0.2, -0.15) is 0 Å². The van der Waals surface area contributed by atoms with Crippen LogP contribution in [-0.4, -0.2) is 0 Å². The van der Waals surface area contributed by atoms with Gasteiger partial charge in [0, 0.05) is 10.0 Å². The Morgan fingerprint density at radius 1 is 1.00 bits per heavy atom. The van der Waals surface area contributed by atoms with Crippen molar-refractivity contribution in [2.75, 3.05) is 0 Å². The third kappa shape index (κ3) is 1.53. The van der Waals surface area contributed by atoms with E-state index in [4.69, 9.17) is 0 Å². The van der Waals surface area contributed by atoms with Gasteiger partial charge >= 0.3 is 0 Å². The maximum Gasteiger partial charge on any atom is 0.0785 e. The van der Waals surface area contributed by atoms with Crippen LogP contribution in [0.2, 0.25) is 0 Å². The van der Waals surface area contributed by atoms with E-state index in [9.17, 15) is 0 Å². The van der Waals surface area contributed by atoms with Crippen molar-refractivity contribution in [2.24, 2.45) is 0 Å². The molecule has 0 spiro atoms. The highest BCUT2D eigenvalue weighted by atomic mass is 79.9. The van der Waals surface area contributed by atoms with E-state index in [0.717, 1.165) is 0 Å². The van der Waals surface area contributed by atoms with Gasteiger partial charge in [-0.3, -0.25) is 0 Å². The number of halogens is 2. The molecule has 0 N–H and O–H groups in total. The Hall–Kier alpha value is 0.360. The summed E-state index contributed by atoms with van der Waals surface area (Å²) in [7, 11) is 0. The lowest BCUT2D eigenvalue weighted by Gasteiger charge is -1.94. The predicted octanol–water partition coefficient (Wildman–Crippen LogP) is 5.00. The summed E-state index contributed by atoms with van der Waals surface area (Å²) in [6.07, 6.45) is 0. The van der Waals surface area contributed by atoms with Gasteiger partial charge < -0.3 is 0 Å². The molecule has 0 bridgehead atoms. The molecule has 2 aromatic rings. The third-order valence-corrected chi connectivity index (χ3v) is 5.04. The first kappa shape index (κ1) is 8.94. The summed E-state index contributed by atoms with van der Waals surface area (Å²) < 4.78 is 2.37. The zero-order valence-corrected chi connectivity index (χ0v) is 10.7. The number of thiophene rings is 2. The highest BCUT2D eigenvalue weighted by molar-refractivity contribution is 9.11. The van der Waals surface area contributed by atoms with Gasteiger partial charge in [-0.1, -0.05) is 0 Å². The first-order valence-corrected chi connectivity index (χ1v) is 6.60. The summed E-state index contributed by atoms with van der Waals surface area (Å²) in [6.45, 7) is 0. The second kappa shape index (κ2) is 3.62. The van der Waals surface area contributed by atoms with Crippen LogP contribution in [0.25, 0.3) is 10.4 Å². The number of hydrogen-bond acceptors (Lipinski definition) is 2. The molecule has 2 aromatic heterocycles. The Labute approximate surface area is 95.5 Å². The maximum atomic E-state index is 3.53. The number of rotatable bonds is 1. The highest BCUT2D eigenvalue weighted by Gasteiger charge is 2.08. The summed E-state index contributed by atoms with van der Waals surface area (Å²) in [5.74, 6) is 0. The molecule has 0 aliphatic rings. The summed E-state index contributed by atoms with van der Waals surface area (Å²) >= 11 is 10.5. The summed E-state index contributed by atoms with van der Waals surface area (Å²) in [5.41, 5.74) is 1.28.